The van der Waals surface area contributed by atoms with Gasteiger partial charge in [-0.15, -0.1) is 0 Å². The molecule has 2 aliphatic rings. The second-order valence-electron chi connectivity index (χ2n) is 7.85. The highest BCUT2D eigenvalue weighted by Crippen LogP contribution is 2.36. The van der Waals surface area contributed by atoms with Crippen LogP contribution in [0.2, 0.25) is 0 Å². The van der Waals surface area contributed by atoms with Crippen LogP contribution in [0.15, 0.2) is 35.3 Å². The molecule has 29 heavy (non-hydrogen) atoms. The average Bonchev–Trinajstić information content (AvgIpc) is 3.09. The molecular formula is C22H20FN3O3. The minimum atomic E-state index is -0.650. The van der Waals surface area contributed by atoms with E-state index in [1.165, 1.54) is 16.7 Å². The zero-order valence-corrected chi connectivity index (χ0v) is 15.9. The number of hydrogen-bond acceptors (Lipinski definition) is 4. The van der Waals surface area contributed by atoms with Crippen molar-refractivity contribution < 1.29 is 14.3 Å². The van der Waals surface area contributed by atoms with E-state index in [4.69, 9.17) is 0 Å². The fourth-order valence-corrected chi connectivity index (χ4v) is 4.68. The minimum Gasteiger partial charge on any atom is -0.506 e. The second kappa shape index (κ2) is 6.40. The molecule has 0 saturated heterocycles. The molecule has 0 radical (unpaired) electrons. The Hall–Kier alpha value is -3.22. The first-order chi connectivity index (χ1) is 14.0. The van der Waals surface area contributed by atoms with Crippen LogP contribution in [0.4, 0.5) is 4.39 Å². The molecule has 0 bridgehead atoms. The van der Waals surface area contributed by atoms with Crippen molar-refractivity contribution in [2.45, 2.75) is 44.7 Å². The van der Waals surface area contributed by atoms with Gasteiger partial charge >= 0.3 is 0 Å². The van der Waals surface area contributed by atoms with Crippen LogP contribution < -0.4 is 10.9 Å². The van der Waals surface area contributed by atoms with Crippen LogP contribution in [-0.2, 0) is 12.8 Å². The molecule has 2 atom stereocenters. The molecule has 1 amide bonds. The summed E-state index contributed by atoms with van der Waals surface area (Å²) in [4.78, 5) is 30.6. The zero-order chi connectivity index (χ0) is 20.3. The van der Waals surface area contributed by atoms with Crippen LogP contribution >= 0.6 is 0 Å². The Morgan fingerprint density at radius 3 is 2.97 bits per heavy atom. The van der Waals surface area contributed by atoms with Crippen molar-refractivity contribution in [3.8, 4) is 5.75 Å². The number of rotatable bonds is 2. The molecule has 5 rings (SSSR count). The van der Waals surface area contributed by atoms with E-state index in [0.29, 0.717) is 30.3 Å². The number of halogens is 1. The highest BCUT2D eigenvalue weighted by atomic mass is 19.1. The van der Waals surface area contributed by atoms with Crippen molar-refractivity contribution in [3.05, 3.63) is 69.0 Å². The third kappa shape index (κ3) is 2.64. The van der Waals surface area contributed by atoms with Gasteiger partial charge < -0.3 is 15.0 Å². The number of carbonyl (C=O) groups is 1. The molecule has 0 spiro atoms. The standard InChI is InChI=1S/C22H20FN3O3/c1-11-4-5-12-9-13(23)10-15-19(12)26(11)22(29)18(20(15)27)21(28)25-17-7-6-16-14(17)3-2-8-24-16/h2-3,8-11,17,27H,4-7H2,1H3,(H,25,28). The highest BCUT2D eigenvalue weighted by Gasteiger charge is 2.31. The van der Waals surface area contributed by atoms with E-state index in [-0.39, 0.29) is 23.0 Å². The number of amides is 1. The first kappa shape index (κ1) is 17.8. The molecule has 3 heterocycles. The Morgan fingerprint density at radius 1 is 1.31 bits per heavy atom. The SMILES string of the molecule is CC1CCc2cc(F)cc3c(O)c(C(=O)NC4CCc5ncccc54)c(=O)n1c23. The van der Waals surface area contributed by atoms with Gasteiger partial charge in [-0.05, 0) is 61.9 Å². The fraction of sp³-hybridized carbons (Fsp3) is 0.318. The Morgan fingerprint density at radius 2 is 2.14 bits per heavy atom. The van der Waals surface area contributed by atoms with Gasteiger partial charge in [0, 0.05) is 23.3 Å². The lowest BCUT2D eigenvalue weighted by Crippen LogP contribution is -2.37. The van der Waals surface area contributed by atoms with Crippen molar-refractivity contribution in [1.82, 2.24) is 14.9 Å². The highest BCUT2D eigenvalue weighted by molar-refractivity contribution is 6.03. The van der Waals surface area contributed by atoms with E-state index in [1.54, 1.807) is 6.20 Å². The quantitative estimate of drug-likeness (QED) is 0.701. The topological polar surface area (TPSA) is 84.2 Å². The third-order valence-corrected chi connectivity index (χ3v) is 6.09. The molecule has 7 heteroatoms. The second-order valence-corrected chi connectivity index (χ2v) is 7.85. The van der Waals surface area contributed by atoms with Crippen molar-refractivity contribution in [3.63, 3.8) is 0 Å². The maximum Gasteiger partial charge on any atom is 0.267 e. The van der Waals surface area contributed by atoms with E-state index >= 15 is 0 Å². The molecule has 1 aliphatic carbocycles. The Labute approximate surface area is 166 Å². The molecule has 0 fully saturated rings. The summed E-state index contributed by atoms with van der Waals surface area (Å²) in [6.07, 6.45) is 4.41. The number of benzene rings is 1. The summed E-state index contributed by atoms with van der Waals surface area (Å²) in [5, 5.41) is 13.9. The maximum absolute atomic E-state index is 14.1. The van der Waals surface area contributed by atoms with E-state index in [0.717, 1.165) is 17.7 Å². The van der Waals surface area contributed by atoms with Gasteiger partial charge in [-0.2, -0.15) is 0 Å². The summed E-state index contributed by atoms with van der Waals surface area (Å²) in [6.45, 7) is 1.89. The summed E-state index contributed by atoms with van der Waals surface area (Å²) in [5.41, 5.74) is 2.15. The number of nitrogens with zero attached hydrogens (tertiary/aromatic N) is 2. The lowest BCUT2D eigenvalue weighted by Gasteiger charge is -2.27. The zero-order valence-electron chi connectivity index (χ0n) is 15.9. The number of aryl methyl sites for hydroxylation is 2. The van der Waals surface area contributed by atoms with Crippen molar-refractivity contribution in [2.75, 3.05) is 0 Å². The van der Waals surface area contributed by atoms with Gasteiger partial charge in [0.15, 0.2) is 0 Å². The molecule has 2 N–H and O–H groups in total. The van der Waals surface area contributed by atoms with E-state index in [9.17, 15) is 19.1 Å². The largest absolute Gasteiger partial charge is 0.506 e. The van der Waals surface area contributed by atoms with Crippen LogP contribution in [0.5, 0.6) is 5.75 Å². The molecule has 148 valence electrons. The smallest absolute Gasteiger partial charge is 0.267 e. The third-order valence-electron chi connectivity index (χ3n) is 6.09. The number of pyridine rings is 2. The monoisotopic (exact) mass is 393 g/mol. The normalized spacial score (nSPS) is 19.9. The van der Waals surface area contributed by atoms with E-state index < -0.39 is 23.0 Å². The van der Waals surface area contributed by atoms with Gasteiger partial charge in [-0.1, -0.05) is 6.07 Å². The number of hydrogen-bond donors (Lipinski definition) is 2. The average molecular weight is 393 g/mol. The number of aromatic hydroxyl groups is 1. The predicted molar refractivity (Wildman–Crippen MR) is 106 cm³/mol. The lowest BCUT2D eigenvalue weighted by molar-refractivity contribution is 0.0932. The van der Waals surface area contributed by atoms with E-state index in [2.05, 4.69) is 10.3 Å². The maximum atomic E-state index is 14.1. The minimum absolute atomic E-state index is 0.147. The molecular weight excluding hydrogens is 373 g/mol. The van der Waals surface area contributed by atoms with Gasteiger partial charge in [-0.3, -0.25) is 14.6 Å². The molecule has 1 aliphatic heterocycles. The molecule has 3 aromatic rings. The molecule has 2 aromatic heterocycles. The first-order valence-corrected chi connectivity index (χ1v) is 9.80. The van der Waals surface area contributed by atoms with E-state index in [1.807, 2.05) is 19.1 Å². The summed E-state index contributed by atoms with van der Waals surface area (Å²) in [7, 11) is 0. The van der Waals surface area contributed by atoms with Crippen molar-refractivity contribution in [1.29, 1.82) is 0 Å². The van der Waals surface area contributed by atoms with Gasteiger partial charge in [0.2, 0.25) is 0 Å². The van der Waals surface area contributed by atoms with Gasteiger partial charge in [-0.25, -0.2) is 4.39 Å². The molecule has 6 nitrogen and oxygen atoms in total. The van der Waals surface area contributed by atoms with Crippen LogP contribution in [0, 0.1) is 5.82 Å². The van der Waals surface area contributed by atoms with Gasteiger partial charge in [0.25, 0.3) is 11.5 Å². The Kier molecular flexibility index (Phi) is 3.94. The van der Waals surface area contributed by atoms with Crippen molar-refractivity contribution >= 4 is 16.8 Å². The van der Waals surface area contributed by atoms with Crippen LogP contribution in [-0.4, -0.2) is 20.6 Å². The first-order valence-electron chi connectivity index (χ1n) is 9.80. The van der Waals surface area contributed by atoms with Crippen molar-refractivity contribution in [2.24, 2.45) is 0 Å². The molecule has 2 unspecified atom stereocenters. The fourth-order valence-electron chi connectivity index (χ4n) is 4.68. The van der Waals surface area contributed by atoms with Gasteiger partial charge in [0.05, 0.1) is 11.6 Å². The summed E-state index contributed by atoms with van der Waals surface area (Å²) in [5.74, 6) is -1.61. The summed E-state index contributed by atoms with van der Waals surface area (Å²) in [6, 6.07) is 5.87. The molecule has 1 aromatic carbocycles. The van der Waals surface area contributed by atoms with Crippen LogP contribution in [0.3, 0.4) is 0 Å². The number of nitrogens with one attached hydrogen (secondary N) is 1. The van der Waals surface area contributed by atoms with Crippen LogP contribution in [0.25, 0.3) is 10.9 Å². The summed E-state index contributed by atoms with van der Waals surface area (Å²) >= 11 is 0. The predicted octanol–water partition coefficient (Wildman–Crippen LogP) is 3.17. The van der Waals surface area contributed by atoms with Crippen LogP contribution in [0.1, 0.15) is 59.0 Å². The lowest BCUT2D eigenvalue weighted by atomic mass is 9.95. The number of fused-ring (bicyclic) bond motifs is 1. The Balaban J connectivity index is 1.64. The Bertz CT molecular complexity index is 1230. The molecule has 0 saturated carbocycles. The number of carbonyl (C=O) groups excluding carboxylic acids is 1. The number of aromatic nitrogens is 2. The van der Waals surface area contributed by atoms with Gasteiger partial charge in [0.1, 0.15) is 17.1 Å². The summed E-state index contributed by atoms with van der Waals surface area (Å²) < 4.78 is 15.7.